The van der Waals surface area contributed by atoms with Crippen molar-refractivity contribution in [2.45, 2.75) is 19.3 Å². The van der Waals surface area contributed by atoms with Gasteiger partial charge in [-0.15, -0.1) is 11.6 Å². The number of aryl methyl sites for hydroxylation is 1. The molecule has 20 heavy (non-hydrogen) atoms. The Balaban J connectivity index is 2.02. The van der Waals surface area contributed by atoms with Gasteiger partial charge in [-0.1, -0.05) is 35.9 Å². The van der Waals surface area contributed by atoms with Crippen LogP contribution in [-0.2, 0) is 12.4 Å². The van der Waals surface area contributed by atoms with Gasteiger partial charge in [0.2, 0.25) is 0 Å². The average molecular weight is 292 g/mol. The van der Waals surface area contributed by atoms with E-state index in [4.69, 9.17) is 11.6 Å². The number of carbonyl (C=O) groups is 1. The molecule has 0 heterocycles. The number of benzene rings is 2. The molecule has 0 atom stereocenters. The van der Waals surface area contributed by atoms with E-state index in [9.17, 15) is 9.18 Å². The van der Waals surface area contributed by atoms with Crippen molar-refractivity contribution in [1.82, 2.24) is 5.32 Å². The Morgan fingerprint density at radius 1 is 1.15 bits per heavy atom. The first-order chi connectivity index (χ1) is 9.60. The Kier molecular flexibility index (Phi) is 4.74. The highest BCUT2D eigenvalue weighted by Crippen LogP contribution is 2.11. The lowest BCUT2D eigenvalue weighted by atomic mass is 10.1. The standard InChI is InChI=1S/C16H15ClFNO/c1-11-2-7-15(18)14(8-11)16(20)19-10-13-5-3-12(9-17)4-6-13/h2-8H,9-10H2,1H3,(H,19,20). The van der Waals surface area contributed by atoms with E-state index in [1.54, 1.807) is 12.1 Å². The van der Waals surface area contributed by atoms with Crippen LogP contribution in [0.3, 0.4) is 0 Å². The number of carbonyl (C=O) groups excluding carboxylic acids is 1. The van der Waals surface area contributed by atoms with Crippen LogP contribution in [0.1, 0.15) is 27.0 Å². The molecule has 0 saturated carbocycles. The van der Waals surface area contributed by atoms with Crippen LogP contribution in [0.4, 0.5) is 4.39 Å². The fourth-order valence-electron chi connectivity index (χ4n) is 1.84. The zero-order valence-electron chi connectivity index (χ0n) is 11.1. The summed E-state index contributed by atoms with van der Waals surface area (Å²) in [6.07, 6.45) is 0. The van der Waals surface area contributed by atoms with Gasteiger partial charge in [-0.25, -0.2) is 4.39 Å². The molecule has 0 spiro atoms. The first kappa shape index (κ1) is 14.5. The number of hydrogen-bond acceptors (Lipinski definition) is 1. The molecule has 0 aliphatic rings. The molecule has 1 amide bonds. The Hall–Kier alpha value is -1.87. The molecule has 0 aliphatic heterocycles. The third-order valence-corrected chi connectivity index (χ3v) is 3.31. The summed E-state index contributed by atoms with van der Waals surface area (Å²) < 4.78 is 13.6. The minimum absolute atomic E-state index is 0.0716. The Morgan fingerprint density at radius 3 is 2.45 bits per heavy atom. The highest BCUT2D eigenvalue weighted by atomic mass is 35.5. The lowest BCUT2D eigenvalue weighted by molar-refractivity contribution is 0.0947. The number of nitrogens with one attached hydrogen (secondary N) is 1. The summed E-state index contributed by atoms with van der Waals surface area (Å²) in [6, 6.07) is 12.1. The molecule has 0 aromatic heterocycles. The number of rotatable bonds is 4. The number of hydrogen-bond donors (Lipinski definition) is 1. The van der Waals surface area contributed by atoms with E-state index >= 15 is 0 Å². The lowest BCUT2D eigenvalue weighted by Crippen LogP contribution is -2.23. The van der Waals surface area contributed by atoms with Gasteiger partial charge in [-0.05, 0) is 30.2 Å². The quantitative estimate of drug-likeness (QED) is 0.853. The summed E-state index contributed by atoms with van der Waals surface area (Å²) in [7, 11) is 0. The predicted octanol–water partition coefficient (Wildman–Crippen LogP) is 3.80. The average Bonchev–Trinajstić information content (AvgIpc) is 2.47. The minimum Gasteiger partial charge on any atom is -0.348 e. The van der Waals surface area contributed by atoms with Crippen molar-refractivity contribution in [3.63, 3.8) is 0 Å². The van der Waals surface area contributed by atoms with Gasteiger partial charge >= 0.3 is 0 Å². The van der Waals surface area contributed by atoms with Gasteiger partial charge in [0.25, 0.3) is 5.91 Å². The summed E-state index contributed by atoms with van der Waals surface area (Å²) in [5.41, 5.74) is 2.89. The molecule has 1 N–H and O–H groups in total. The summed E-state index contributed by atoms with van der Waals surface area (Å²) in [5.74, 6) is -0.459. The molecule has 0 bridgehead atoms. The summed E-state index contributed by atoms with van der Waals surface area (Å²) >= 11 is 5.71. The van der Waals surface area contributed by atoms with Crippen LogP contribution in [0, 0.1) is 12.7 Å². The summed E-state index contributed by atoms with van der Waals surface area (Å²) in [5, 5.41) is 2.71. The molecular formula is C16H15ClFNO. The van der Waals surface area contributed by atoms with E-state index in [0.717, 1.165) is 16.7 Å². The molecule has 0 radical (unpaired) electrons. The van der Waals surface area contributed by atoms with Gasteiger partial charge in [-0.2, -0.15) is 0 Å². The van der Waals surface area contributed by atoms with E-state index in [0.29, 0.717) is 12.4 Å². The second kappa shape index (κ2) is 6.53. The molecule has 104 valence electrons. The largest absolute Gasteiger partial charge is 0.348 e. The zero-order chi connectivity index (χ0) is 14.5. The van der Waals surface area contributed by atoms with Crippen molar-refractivity contribution in [3.8, 4) is 0 Å². The van der Waals surface area contributed by atoms with Gasteiger partial charge in [0.05, 0.1) is 5.56 Å². The van der Waals surface area contributed by atoms with Crippen LogP contribution in [0.5, 0.6) is 0 Å². The molecule has 2 aromatic carbocycles. The first-order valence-electron chi connectivity index (χ1n) is 6.28. The molecular weight excluding hydrogens is 277 g/mol. The molecule has 2 nitrogen and oxygen atoms in total. The van der Waals surface area contributed by atoms with E-state index in [1.165, 1.54) is 6.07 Å². The second-order valence-electron chi connectivity index (χ2n) is 4.62. The van der Waals surface area contributed by atoms with Gasteiger partial charge < -0.3 is 5.32 Å². The topological polar surface area (TPSA) is 29.1 Å². The van der Waals surface area contributed by atoms with Gasteiger partial charge in [0, 0.05) is 12.4 Å². The normalized spacial score (nSPS) is 10.3. The maximum Gasteiger partial charge on any atom is 0.254 e. The van der Waals surface area contributed by atoms with Gasteiger partial charge in [0.1, 0.15) is 5.82 Å². The maximum atomic E-state index is 13.6. The Labute approximate surface area is 122 Å². The maximum absolute atomic E-state index is 13.6. The van der Waals surface area contributed by atoms with Crippen molar-refractivity contribution < 1.29 is 9.18 Å². The van der Waals surface area contributed by atoms with Crippen LogP contribution in [0.15, 0.2) is 42.5 Å². The predicted molar refractivity (Wildman–Crippen MR) is 78.3 cm³/mol. The number of amides is 1. The lowest BCUT2D eigenvalue weighted by Gasteiger charge is -2.07. The van der Waals surface area contributed by atoms with E-state index in [2.05, 4.69) is 5.32 Å². The second-order valence-corrected chi connectivity index (χ2v) is 4.88. The van der Waals surface area contributed by atoms with Crippen LogP contribution < -0.4 is 5.32 Å². The Morgan fingerprint density at radius 2 is 1.80 bits per heavy atom. The number of alkyl halides is 1. The third kappa shape index (κ3) is 3.58. The fourth-order valence-corrected chi connectivity index (χ4v) is 2.02. The Bertz CT molecular complexity index is 610. The van der Waals surface area contributed by atoms with E-state index in [1.807, 2.05) is 31.2 Å². The van der Waals surface area contributed by atoms with Crippen molar-refractivity contribution in [2.75, 3.05) is 0 Å². The smallest absolute Gasteiger partial charge is 0.254 e. The van der Waals surface area contributed by atoms with Crippen molar-refractivity contribution >= 4 is 17.5 Å². The molecule has 2 rings (SSSR count). The molecule has 2 aromatic rings. The van der Waals surface area contributed by atoms with Crippen molar-refractivity contribution in [1.29, 1.82) is 0 Å². The monoisotopic (exact) mass is 291 g/mol. The fraction of sp³-hybridized carbons (Fsp3) is 0.188. The van der Waals surface area contributed by atoms with E-state index < -0.39 is 11.7 Å². The highest BCUT2D eigenvalue weighted by Gasteiger charge is 2.11. The zero-order valence-corrected chi connectivity index (χ0v) is 11.9. The van der Waals surface area contributed by atoms with Crippen LogP contribution in [-0.4, -0.2) is 5.91 Å². The third-order valence-electron chi connectivity index (χ3n) is 3.00. The van der Waals surface area contributed by atoms with Gasteiger partial charge in [-0.3, -0.25) is 4.79 Å². The molecule has 0 saturated heterocycles. The first-order valence-corrected chi connectivity index (χ1v) is 6.81. The summed E-state index contributed by atoms with van der Waals surface area (Å²) in [6.45, 7) is 2.18. The van der Waals surface area contributed by atoms with Gasteiger partial charge in [0.15, 0.2) is 0 Å². The van der Waals surface area contributed by atoms with Crippen molar-refractivity contribution in [3.05, 3.63) is 70.5 Å². The van der Waals surface area contributed by atoms with Crippen LogP contribution >= 0.6 is 11.6 Å². The minimum atomic E-state index is -0.509. The SMILES string of the molecule is Cc1ccc(F)c(C(=O)NCc2ccc(CCl)cc2)c1. The van der Waals surface area contributed by atoms with Crippen LogP contribution in [0.25, 0.3) is 0 Å². The molecule has 0 unspecified atom stereocenters. The highest BCUT2D eigenvalue weighted by molar-refractivity contribution is 6.17. The van der Waals surface area contributed by atoms with Crippen molar-refractivity contribution in [2.24, 2.45) is 0 Å². The number of halogens is 2. The van der Waals surface area contributed by atoms with E-state index in [-0.39, 0.29) is 5.56 Å². The van der Waals surface area contributed by atoms with Crippen LogP contribution in [0.2, 0.25) is 0 Å². The molecule has 0 fully saturated rings. The molecule has 4 heteroatoms. The molecule has 0 aliphatic carbocycles. The summed E-state index contributed by atoms with van der Waals surface area (Å²) in [4.78, 5) is 11.9.